The van der Waals surface area contributed by atoms with Gasteiger partial charge in [0.05, 0.1) is 8.66 Å². The largest absolute Gasteiger partial charge is 0.351 e. The normalized spacial score (nSPS) is 12.5. The average molecular weight is 297 g/mol. The molecule has 0 bridgehead atoms. The molecule has 0 aliphatic heterocycles. The summed E-state index contributed by atoms with van der Waals surface area (Å²) in [7, 11) is 0. The van der Waals surface area contributed by atoms with Gasteiger partial charge in [-0.05, 0) is 34.0 Å². The van der Waals surface area contributed by atoms with Gasteiger partial charge in [0, 0.05) is 12.4 Å². The number of hydrogen-bond acceptors (Lipinski definition) is 2. The molecule has 2 nitrogen and oxygen atoms in total. The number of thiophene rings is 1. The average Bonchev–Trinajstić information content (AvgIpc) is 2.60. The maximum Gasteiger partial charge on any atom is 0.261 e. The van der Waals surface area contributed by atoms with Gasteiger partial charge in [-0.3, -0.25) is 4.79 Å². The predicted molar refractivity (Wildman–Crippen MR) is 64.2 cm³/mol. The first kappa shape index (κ1) is 12.0. The molecule has 1 atom stereocenters. The molecular formula is C9H11BrClNOS. The van der Waals surface area contributed by atoms with Crippen molar-refractivity contribution in [3.63, 3.8) is 0 Å². The lowest BCUT2D eigenvalue weighted by atomic mass is 10.2. The molecule has 14 heavy (non-hydrogen) atoms. The van der Waals surface area contributed by atoms with Crippen LogP contribution >= 0.6 is 38.9 Å². The molecule has 0 fully saturated rings. The van der Waals surface area contributed by atoms with Gasteiger partial charge in [-0.25, -0.2) is 0 Å². The molecule has 0 saturated heterocycles. The zero-order valence-corrected chi connectivity index (χ0v) is 10.9. The van der Waals surface area contributed by atoms with Crippen LogP contribution in [0.3, 0.4) is 0 Å². The summed E-state index contributed by atoms with van der Waals surface area (Å²) >= 11 is 10.4. The molecule has 1 unspecified atom stereocenters. The SMILES string of the molecule is CC(CCl)CNC(=O)c1ccc(Br)s1. The number of halogens is 2. The van der Waals surface area contributed by atoms with Gasteiger partial charge in [0.1, 0.15) is 0 Å². The van der Waals surface area contributed by atoms with Gasteiger partial charge in [-0.2, -0.15) is 0 Å². The Balaban J connectivity index is 2.43. The summed E-state index contributed by atoms with van der Waals surface area (Å²) in [5.41, 5.74) is 0. The number of carbonyl (C=O) groups excluding carboxylic acids is 1. The lowest BCUT2D eigenvalue weighted by Crippen LogP contribution is -2.28. The summed E-state index contributed by atoms with van der Waals surface area (Å²) in [6.45, 7) is 2.62. The van der Waals surface area contributed by atoms with Crippen molar-refractivity contribution in [3.05, 3.63) is 20.8 Å². The molecule has 0 radical (unpaired) electrons. The van der Waals surface area contributed by atoms with Crippen LogP contribution in [0.1, 0.15) is 16.6 Å². The number of alkyl halides is 1. The highest BCUT2D eigenvalue weighted by Crippen LogP contribution is 2.21. The van der Waals surface area contributed by atoms with E-state index >= 15 is 0 Å². The number of rotatable bonds is 4. The highest BCUT2D eigenvalue weighted by atomic mass is 79.9. The van der Waals surface area contributed by atoms with Crippen molar-refractivity contribution in [2.45, 2.75) is 6.92 Å². The second-order valence-electron chi connectivity index (χ2n) is 3.07. The Labute approximate surface area is 101 Å². The monoisotopic (exact) mass is 295 g/mol. The topological polar surface area (TPSA) is 29.1 Å². The molecular weight excluding hydrogens is 286 g/mol. The van der Waals surface area contributed by atoms with E-state index in [2.05, 4.69) is 21.2 Å². The van der Waals surface area contributed by atoms with E-state index in [1.165, 1.54) is 11.3 Å². The molecule has 1 aromatic heterocycles. The predicted octanol–water partition coefficient (Wildman–Crippen LogP) is 3.12. The molecule has 1 amide bonds. The zero-order valence-electron chi connectivity index (χ0n) is 7.72. The first-order valence-electron chi connectivity index (χ1n) is 4.23. The van der Waals surface area contributed by atoms with E-state index in [0.29, 0.717) is 18.3 Å². The quantitative estimate of drug-likeness (QED) is 0.850. The minimum absolute atomic E-state index is 0.0299. The standard InChI is InChI=1S/C9H11BrClNOS/c1-6(4-11)5-12-9(13)7-2-3-8(10)14-7/h2-3,6H,4-5H2,1H3,(H,12,13). The van der Waals surface area contributed by atoms with Gasteiger partial charge in [0.2, 0.25) is 0 Å². The molecule has 0 saturated carbocycles. The Hall–Kier alpha value is -0.0600. The third kappa shape index (κ3) is 3.59. The van der Waals surface area contributed by atoms with Crippen molar-refractivity contribution in [2.24, 2.45) is 5.92 Å². The lowest BCUT2D eigenvalue weighted by Gasteiger charge is -2.07. The Morgan fingerprint density at radius 1 is 1.71 bits per heavy atom. The third-order valence-corrected chi connectivity index (χ3v) is 3.82. The summed E-state index contributed by atoms with van der Waals surface area (Å²) in [6.07, 6.45) is 0. The van der Waals surface area contributed by atoms with Crippen LogP contribution in [0, 0.1) is 5.92 Å². The van der Waals surface area contributed by atoms with E-state index in [1.807, 2.05) is 13.0 Å². The van der Waals surface area contributed by atoms with E-state index in [9.17, 15) is 4.79 Å². The second-order valence-corrected chi connectivity index (χ2v) is 5.84. The van der Waals surface area contributed by atoms with Gasteiger partial charge in [-0.15, -0.1) is 22.9 Å². The molecule has 0 spiro atoms. The highest BCUT2D eigenvalue weighted by Gasteiger charge is 2.09. The molecule has 1 N–H and O–H groups in total. The smallest absolute Gasteiger partial charge is 0.261 e. The highest BCUT2D eigenvalue weighted by molar-refractivity contribution is 9.11. The molecule has 5 heteroatoms. The van der Waals surface area contributed by atoms with Crippen LogP contribution < -0.4 is 5.32 Å². The van der Waals surface area contributed by atoms with E-state index < -0.39 is 0 Å². The van der Waals surface area contributed by atoms with Gasteiger partial charge < -0.3 is 5.32 Å². The number of hydrogen-bond donors (Lipinski definition) is 1. The van der Waals surface area contributed by atoms with Crippen LogP contribution in [0.15, 0.2) is 15.9 Å². The van der Waals surface area contributed by atoms with Crippen LogP contribution in [-0.2, 0) is 0 Å². The van der Waals surface area contributed by atoms with Crippen LogP contribution in [0.2, 0.25) is 0 Å². The van der Waals surface area contributed by atoms with Crippen LogP contribution in [0.4, 0.5) is 0 Å². The minimum Gasteiger partial charge on any atom is -0.351 e. The van der Waals surface area contributed by atoms with Gasteiger partial charge in [-0.1, -0.05) is 6.92 Å². The van der Waals surface area contributed by atoms with Crippen molar-refractivity contribution in [1.29, 1.82) is 0 Å². The summed E-state index contributed by atoms with van der Waals surface area (Å²) in [4.78, 5) is 12.2. The summed E-state index contributed by atoms with van der Waals surface area (Å²) in [5.74, 6) is 0.843. The molecule has 78 valence electrons. The Morgan fingerprint density at radius 3 is 2.93 bits per heavy atom. The maximum atomic E-state index is 11.5. The Bertz CT molecular complexity index is 316. The van der Waals surface area contributed by atoms with Crippen LogP contribution in [0.5, 0.6) is 0 Å². The van der Waals surface area contributed by atoms with Crippen molar-refractivity contribution >= 4 is 44.8 Å². The van der Waals surface area contributed by atoms with Crippen molar-refractivity contribution in [3.8, 4) is 0 Å². The van der Waals surface area contributed by atoms with Gasteiger partial charge >= 0.3 is 0 Å². The fourth-order valence-corrected chi connectivity index (χ4v) is 2.26. The van der Waals surface area contributed by atoms with E-state index in [1.54, 1.807) is 6.07 Å². The summed E-state index contributed by atoms with van der Waals surface area (Å²) in [5, 5.41) is 2.83. The number of amides is 1. The Kier molecular flexibility index (Phi) is 4.92. The first-order chi connectivity index (χ1) is 6.63. The van der Waals surface area contributed by atoms with E-state index in [0.717, 1.165) is 8.66 Å². The third-order valence-electron chi connectivity index (χ3n) is 1.67. The zero-order chi connectivity index (χ0) is 10.6. The molecule has 0 aliphatic carbocycles. The molecule has 1 rings (SSSR count). The molecule has 0 aliphatic rings. The van der Waals surface area contributed by atoms with E-state index in [-0.39, 0.29) is 5.91 Å². The summed E-state index contributed by atoms with van der Waals surface area (Å²) < 4.78 is 0.966. The van der Waals surface area contributed by atoms with Gasteiger partial charge in [0.15, 0.2) is 0 Å². The fourth-order valence-electron chi connectivity index (χ4n) is 0.845. The van der Waals surface area contributed by atoms with Crippen molar-refractivity contribution < 1.29 is 4.79 Å². The Morgan fingerprint density at radius 2 is 2.43 bits per heavy atom. The molecule has 0 aromatic carbocycles. The second kappa shape index (κ2) is 5.73. The fraction of sp³-hybridized carbons (Fsp3) is 0.444. The number of nitrogens with one attached hydrogen (secondary N) is 1. The lowest BCUT2D eigenvalue weighted by molar-refractivity contribution is 0.0953. The number of carbonyl (C=O) groups is 1. The first-order valence-corrected chi connectivity index (χ1v) is 6.37. The van der Waals surface area contributed by atoms with Crippen LogP contribution in [0.25, 0.3) is 0 Å². The minimum atomic E-state index is -0.0299. The molecule has 1 aromatic rings. The van der Waals surface area contributed by atoms with Gasteiger partial charge in [0.25, 0.3) is 5.91 Å². The summed E-state index contributed by atoms with van der Waals surface area (Å²) in [6, 6.07) is 3.67. The maximum absolute atomic E-state index is 11.5. The van der Waals surface area contributed by atoms with Crippen molar-refractivity contribution in [1.82, 2.24) is 5.32 Å². The van der Waals surface area contributed by atoms with Crippen LogP contribution in [-0.4, -0.2) is 18.3 Å². The molecule has 1 heterocycles. The van der Waals surface area contributed by atoms with Crippen molar-refractivity contribution in [2.75, 3.05) is 12.4 Å². The van der Waals surface area contributed by atoms with E-state index in [4.69, 9.17) is 11.6 Å².